The number of anilines is 2. The average molecular weight is 369 g/mol. The minimum absolute atomic E-state index is 0.198. The first-order valence-electron chi connectivity index (χ1n) is 8.41. The van der Waals surface area contributed by atoms with E-state index in [1.165, 1.54) is 11.3 Å². The van der Waals surface area contributed by atoms with Gasteiger partial charge in [-0.3, -0.25) is 10.1 Å². The number of ether oxygens (including phenoxy) is 2. The molecule has 1 aliphatic rings. The van der Waals surface area contributed by atoms with Gasteiger partial charge in [-0.05, 0) is 36.4 Å². The van der Waals surface area contributed by atoms with E-state index in [9.17, 15) is 4.79 Å². The zero-order valence-electron chi connectivity index (χ0n) is 14.4. The van der Waals surface area contributed by atoms with Crippen LogP contribution in [0, 0.1) is 0 Å². The van der Waals surface area contributed by atoms with Crippen LogP contribution in [-0.4, -0.2) is 44.3 Å². The maximum atomic E-state index is 12.5. The van der Waals surface area contributed by atoms with Crippen LogP contribution in [-0.2, 0) is 4.74 Å². The van der Waals surface area contributed by atoms with Gasteiger partial charge in [0, 0.05) is 24.3 Å². The molecule has 1 N–H and O–H groups in total. The molecule has 6 nitrogen and oxygen atoms in total. The van der Waals surface area contributed by atoms with Gasteiger partial charge in [0.25, 0.3) is 5.91 Å². The fourth-order valence-electron chi connectivity index (χ4n) is 2.92. The summed E-state index contributed by atoms with van der Waals surface area (Å²) in [6.07, 6.45) is 0. The minimum Gasteiger partial charge on any atom is -0.497 e. The summed E-state index contributed by atoms with van der Waals surface area (Å²) in [5.41, 5.74) is 2.58. The number of nitrogens with one attached hydrogen (secondary N) is 1. The number of fused-ring (bicyclic) bond motifs is 1. The number of morpholine rings is 1. The third kappa shape index (κ3) is 3.49. The molecule has 26 heavy (non-hydrogen) atoms. The van der Waals surface area contributed by atoms with E-state index in [4.69, 9.17) is 9.47 Å². The maximum absolute atomic E-state index is 12.5. The quantitative estimate of drug-likeness (QED) is 0.764. The van der Waals surface area contributed by atoms with Crippen molar-refractivity contribution in [2.24, 2.45) is 0 Å². The lowest BCUT2D eigenvalue weighted by atomic mass is 10.2. The monoisotopic (exact) mass is 369 g/mol. The fraction of sp³-hybridized carbons (Fsp3) is 0.263. The van der Waals surface area contributed by atoms with E-state index < -0.39 is 0 Å². The second kappa shape index (κ2) is 7.31. The van der Waals surface area contributed by atoms with Gasteiger partial charge in [-0.15, -0.1) is 0 Å². The molecule has 0 bridgehead atoms. The van der Waals surface area contributed by atoms with Gasteiger partial charge in [0.2, 0.25) is 0 Å². The lowest BCUT2D eigenvalue weighted by molar-refractivity contribution is 0.102. The molecule has 0 spiro atoms. The molecule has 0 aliphatic carbocycles. The Balaban J connectivity index is 1.54. The summed E-state index contributed by atoms with van der Waals surface area (Å²) in [4.78, 5) is 19.3. The zero-order valence-corrected chi connectivity index (χ0v) is 15.2. The summed E-state index contributed by atoms with van der Waals surface area (Å²) in [6, 6.07) is 13.3. The Labute approximate surface area is 155 Å². The van der Waals surface area contributed by atoms with Gasteiger partial charge < -0.3 is 14.4 Å². The highest BCUT2D eigenvalue weighted by Gasteiger charge is 2.14. The van der Waals surface area contributed by atoms with E-state index in [0.717, 1.165) is 42.2 Å². The summed E-state index contributed by atoms with van der Waals surface area (Å²) in [7, 11) is 1.58. The molecule has 0 saturated carbocycles. The predicted octanol–water partition coefficient (Wildman–Crippen LogP) is 3.39. The highest BCUT2D eigenvalue weighted by molar-refractivity contribution is 7.22. The second-order valence-corrected chi connectivity index (χ2v) is 6.99. The van der Waals surface area contributed by atoms with Gasteiger partial charge in [-0.2, -0.15) is 0 Å². The molecule has 2 aromatic carbocycles. The summed E-state index contributed by atoms with van der Waals surface area (Å²) in [6.45, 7) is 3.29. The maximum Gasteiger partial charge on any atom is 0.257 e. The van der Waals surface area contributed by atoms with E-state index in [0.29, 0.717) is 16.4 Å². The van der Waals surface area contributed by atoms with Gasteiger partial charge in [0.1, 0.15) is 5.75 Å². The lowest BCUT2D eigenvalue weighted by Gasteiger charge is -2.28. The van der Waals surface area contributed by atoms with E-state index in [1.54, 1.807) is 25.3 Å². The first-order chi connectivity index (χ1) is 12.7. The molecule has 0 atom stereocenters. The molecule has 1 aromatic heterocycles. The fourth-order valence-corrected chi connectivity index (χ4v) is 3.81. The third-order valence-corrected chi connectivity index (χ3v) is 5.23. The van der Waals surface area contributed by atoms with Crippen molar-refractivity contribution in [3.8, 4) is 5.75 Å². The number of nitrogens with zero attached hydrogens (tertiary/aromatic N) is 2. The van der Waals surface area contributed by atoms with Gasteiger partial charge in [0.15, 0.2) is 5.13 Å². The summed E-state index contributed by atoms with van der Waals surface area (Å²) in [5, 5.41) is 3.47. The van der Waals surface area contributed by atoms with Crippen LogP contribution in [0.1, 0.15) is 10.4 Å². The van der Waals surface area contributed by atoms with Crippen molar-refractivity contribution >= 4 is 38.3 Å². The Morgan fingerprint density at radius 2 is 2.08 bits per heavy atom. The smallest absolute Gasteiger partial charge is 0.257 e. The molecular weight excluding hydrogens is 350 g/mol. The molecule has 1 amide bonds. The van der Waals surface area contributed by atoms with Crippen LogP contribution in [0.4, 0.5) is 10.8 Å². The molecule has 7 heteroatoms. The zero-order chi connectivity index (χ0) is 17.9. The van der Waals surface area contributed by atoms with Crippen LogP contribution in [0.25, 0.3) is 10.2 Å². The molecule has 1 saturated heterocycles. The molecule has 1 aliphatic heterocycles. The van der Waals surface area contributed by atoms with Crippen LogP contribution >= 0.6 is 11.3 Å². The molecule has 2 heterocycles. The summed E-state index contributed by atoms with van der Waals surface area (Å²) < 4.78 is 11.6. The molecule has 0 radical (unpaired) electrons. The Hall–Kier alpha value is -2.64. The van der Waals surface area contributed by atoms with Crippen molar-refractivity contribution < 1.29 is 14.3 Å². The van der Waals surface area contributed by atoms with Gasteiger partial charge in [-0.25, -0.2) is 4.98 Å². The number of hydrogen-bond donors (Lipinski definition) is 1. The second-order valence-electron chi connectivity index (χ2n) is 5.96. The Kier molecular flexibility index (Phi) is 4.73. The Bertz CT molecular complexity index is 935. The van der Waals surface area contributed by atoms with Crippen LogP contribution in [0.2, 0.25) is 0 Å². The topological polar surface area (TPSA) is 63.7 Å². The van der Waals surface area contributed by atoms with Gasteiger partial charge >= 0.3 is 0 Å². The normalized spacial score (nSPS) is 14.4. The number of carbonyl (C=O) groups is 1. The standard InChI is InChI=1S/C19H19N3O3S/c1-24-15-4-2-3-13(11-15)18(23)21-19-20-16-6-5-14(12-17(16)26-19)22-7-9-25-10-8-22/h2-6,11-12H,7-10H2,1H3,(H,20,21,23). The number of thiazole rings is 1. The van der Waals surface area contributed by atoms with E-state index in [1.807, 2.05) is 12.1 Å². The van der Waals surface area contributed by atoms with E-state index in [2.05, 4.69) is 27.3 Å². The molecule has 4 rings (SSSR count). The Morgan fingerprint density at radius 3 is 2.88 bits per heavy atom. The van der Waals surface area contributed by atoms with Crippen LogP contribution in [0.5, 0.6) is 5.75 Å². The van der Waals surface area contributed by atoms with Crippen molar-refractivity contribution in [1.29, 1.82) is 0 Å². The molecule has 3 aromatic rings. The van der Waals surface area contributed by atoms with Crippen molar-refractivity contribution in [2.45, 2.75) is 0 Å². The largest absolute Gasteiger partial charge is 0.497 e. The summed E-state index contributed by atoms with van der Waals surface area (Å²) >= 11 is 1.48. The van der Waals surface area contributed by atoms with E-state index in [-0.39, 0.29) is 5.91 Å². The average Bonchev–Trinajstić information content (AvgIpc) is 3.10. The predicted molar refractivity (Wildman–Crippen MR) is 104 cm³/mol. The van der Waals surface area contributed by atoms with Crippen molar-refractivity contribution in [2.75, 3.05) is 43.6 Å². The first-order valence-corrected chi connectivity index (χ1v) is 9.23. The van der Waals surface area contributed by atoms with Gasteiger partial charge in [0.05, 0.1) is 30.5 Å². The number of amides is 1. The minimum atomic E-state index is -0.198. The SMILES string of the molecule is COc1cccc(C(=O)Nc2nc3ccc(N4CCOCC4)cc3s2)c1. The van der Waals surface area contributed by atoms with Crippen LogP contribution in [0.15, 0.2) is 42.5 Å². The van der Waals surface area contributed by atoms with Crippen molar-refractivity contribution in [3.05, 3.63) is 48.0 Å². The molecular formula is C19H19N3O3S. The molecule has 0 unspecified atom stereocenters. The number of methoxy groups -OCH3 is 1. The van der Waals surface area contributed by atoms with Gasteiger partial charge in [-0.1, -0.05) is 17.4 Å². The Morgan fingerprint density at radius 1 is 1.23 bits per heavy atom. The number of carbonyl (C=O) groups excluding carboxylic acids is 1. The first kappa shape index (κ1) is 16.8. The third-order valence-electron chi connectivity index (χ3n) is 4.30. The number of rotatable bonds is 4. The van der Waals surface area contributed by atoms with E-state index >= 15 is 0 Å². The van der Waals surface area contributed by atoms with Crippen molar-refractivity contribution in [3.63, 3.8) is 0 Å². The van der Waals surface area contributed by atoms with Crippen LogP contribution in [0.3, 0.4) is 0 Å². The summed E-state index contributed by atoms with van der Waals surface area (Å²) in [5.74, 6) is 0.452. The lowest BCUT2D eigenvalue weighted by Crippen LogP contribution is -2.36. The number of benzene rings is 2. The highest BCUT2D eigenvalue weighted by atomic mass is 32.1. The molecule has 134 valence electrons. The number of aromatic nitrogens is 1. The van der Waals surface area contributed by atoms with Crippen molar-refractivity contribution in [1.82, 2.24) is 4.98 Å². The highest BCUT2D eigenvalue weighted by Crippen LogP contribution is 2.30. The number of hydrogen-bond acceptors (Lipinski definition) is 6. The van der Waals surface area contributed by atoms with Crippen LogP contribution < -0.4 is 15.0 Å². The molecule has 1 fully saturated rings.